The normalized spacial score (nSPS) is 14.7. The molecule has 2 unspecified atom stereocenters. The molecule has 0 amide bonds. The van der Waals surface area contributed by atoms with Gasteiger partial charge in [0.2, 0.25) is 0 Å². The second-order valence-corrected chi connectivity index (χ2v) is 4.24. The van der Waals surface area contributed by atoms with Crippen LogP contribution >= 0.6 is 0 Å². The molecule has 0 aliphatic rings. The van der Waals surface area contributed by atoms with Crippen LogP contribution in [0.2, 0.25) is 0 Å². The number of hydrogen-bond acceptors (Lipinski definition) is 3. The van der Waals surface area contributed by atoms with Crippen LogP contribution < -0.4 is 5.73 Å². The molecule has 0 fully saturated rings. The molecule has 1 heterocycles. The quantitative estimate of drug-likeness (QED) is 0.771. The van der Waals surface area contributed by atoms with E-state index in [0.717, 1.165) is 12.2 Å². The Kier molecular flexibility index (Phi) is 6.04. The Morgan fingerprint density at radius 1 is 1.50 bits per heavy atom. The van der Waals surface area contributed by atoms with E-state index in [1.807, 2.05) is 18.3 Å². The lowest BCUT2D eigenvalue weighted by Gasteiger charge is -2.18. The van der Waals surface area contributed by atoms with Crippen LogP contribution in [-0.2, 0) is 4.74 Å². The number of ether oxygens (including phenoxy) is 1. The monoisotopic (exact) mass is 222 g/mol. The summed E-state index contributed by atoms with van der Waals surface area (Å²) >= 11 is 0. The minimum atomic E-state index is -0.0204. The van der Waals surface area contributed by atoms with Gasteiger partial charge in [0, 0.05) is 24.5 Å². The van der Waals surface area contributed by atoms with E-state index in [9.17, 15) is 0 Å². The summed E-state index contributed by atoms with van der Waals surface area (Å²) in [4.78, 5) is 4.08. The van der Waals surface area contributed by atoms with Gasteiger partial charge in [-0.15, -0.1) is 0 Å². The number of hydrogen-bond donors (Lipinski definition) is 1. The van der Waals surface area contributed by atoms with E-state index >= 15 is 0 Å². The van der Waals surface area contributed by atoms with Crippen molar-refractivity contribution in [2.75, 3.05) is 13.2 Å². The second-order valence-electron chi connectivity index (χ2n) is 4.24. The molecule has 1 aromatic rings. The number of nitrogens with zero attached hydrogens (tertiary/aromatic N) is 1. The van der Waals surface area contributed by atoms with Gasteiger partial charge in [-0.05, 0) is 18.4 Å². The van der Waals surface area contributed by atoms with Gasteiger partial charge in [0.25, 0.3) is 0 Å². The van der Waals surface area contributed by atoms with Crippen molar-refractivity contribution in [2.24, 2.45) is 11.7 Å². The van der Waals surface area contributed by atoms with Crippen LogP contribution in [0.3, 0.4) is 0 Å². The van der Waals surface area contributed by atoms with Crippen LogP contribution in [-0.4, -0.2) is 18.1 Å². The Hall–Kier alpha value is -0.930. The summed E-state index contributed by atoms with van der Waals surface area (Å²) in [5, 5.41) is 0. The van der Waals surface area contributed by atoms with Gasteiger partial charge < -0.3 is 10.5 Å². The molecule has 3 nitrogen and oxygen atoms in total. The molecular weight excluding hydrogens is 200 g/mol. The topological polar surface area (TPSA) is 48.1 Å². The first-order chi connectivity index (χ1) is 7.77. The van der Waals surface area contributed by atoms with Crippen LogP contribution in [0.1, 0.15) is 38.4 Å². The average molecular weight is 222 g/mol. The van der Waals surface area contributed by atoms with Crippen molar-refractivity contribution in [3.8, 4) is 0 Å². The van der Waals surface area contributed by atoms with Gasteiger partial charge in [-0.1, -0.05) is 26.3 Å². The number of aromatic nitrogens is 1. The number of nitrogens with two attached hydrogens (primary N) is 1. The highest BCUT2D eigenvalue weighted by Gasteiger charge is 2.11. The third-order valence-corrected chi connectivity index (χ3v) is 2.63. The molecule has 2 atom stereocenters. The van der Waals surface area contributed by atoms with Gasteiger partial charge in [-0.2, -0.15) is 0 Å². The molecule has 2 N–H and O–H groups in total. The lowest BCUT2D eigenvalue weighted by Crippen LogP contribution is -2.19. The summed E-state index contributed by atoms with van der Waals surface area (Å²) in [5.41, 5.74) is 6.78. The van der Waals surface area contributed by atoms with Crippen LogP contribution in [0, 0.1) is 5.92 Å². The molecule has 1 rings (SSSR count). The van der Waals surface area contributed by atoms with E-state index in [1.54, 1.807) is 6.20 Å². The Labute approximate surface area is 98.0 Å². The van der Waals surface area contributed by atoms with Gasteiger partial charge in [-0.3, -0.25) is 4.98 Å². The maximum Gasteiger partial charge on any atom is 0.0962 e. The highest BCUT2D eigenvalue weighted by atomic mass is 16.5. The zero-order valence-electron chi connectivity index (χ0n) is 10.2. The molecule has 1 aromatic heterocycles. The molecule has 16 heavy (non-hydrogen) atoms. The molecule has 0 aliphatic heterocycles. The summed E-state index contributed by atoms with van der Waals surface area (Å²) in [6, 6.07) is 3.92. The largest absolute Gasteiger partial charge is 0.372 e. The number of rotatable bonds is 7. The minimum Gasteiger partial charge on any atom is -0.372 e. The Balaban J connectivity index is 2.44. The lowest BCUT2D eigenvalue weighted by atomic mass is 10.1. The Morgan fingerprint density at radius 2 is 2.31 bits per heavy atom. The summed E-state index contributed by atoms with van der Waals surface area (Å²) < 4.78 is 5.83. The SMILES string of the molecule is CCCC(C)COC(CN)c1cccnc1. The van der Waals surface area contributed by atoms with Crippen LogP contribution in [0.15, 0.2) is 24.5 Å². The van der Waals surface area contributed by atoms with Crippen molar-refractivity contribution in [1.29, 1.82) is 0 Å². The molecular formula is C13H22N2O. The van der Waals surface area contributed by atoms with E-state index in [-0.39, 0.29) is 6.10 Å². The fraction of sp³-hybridized carbons (Fsp3) is 0.615. The van der Waals surface area contributed by atoms with Gasteiger partial charge in [0.1, 0.15) is 0 Å². The maximum absolute atomic E-state index is 5.83. The molecule has 0 spiro atoms. The Morgan fingerprint density at radius 3 is 2.88 bits per heavy atom. The Bertz CT molecular complexity index is 277. The fourth-order valence-corrected chi connectivity index (χ4v) is 1.72. The first-order valence-corrected chi connectivity index (χ1v) is 5.99. The van der Waals surface area contributed by atoms with Crippen molar-refractivity contribution in [1.82, 2.24) is 4.98 Å². The van der Waals surface area contributed by atoms with E-state index in [0.29, 0.717) is 12.5 Å². The zero-order chi connectivity index (χ0) is 11.8. The van der Waals surface area contributed by atoms with Crippen molar-refractivity contribution in [3.63, 3.8) is 0 Å². The van der Waals surface area contributed by atoms with Crippen molar-refractivity contribution in [2.45, 2.75) is 32.8 Å². The molecule has 3 heteroatoms. The van der Waals surface area contributed by atoms with E-state index < -0.39 is 0 Å². The fourth-order valence-electron chi connectivity index (χ4n) is 1.72. The third kappa shape index (κ3) is 4.29. The summed E-state index contributed by atoms with van der Waals surface area (Å²) in [6.45, 7) is 5.67. The summed E-state index contributed by atoms with van der Waals surface area (Å²) in [6.07, 6.45) is 5.96. The molecule has 0 saturated carbocycles. The van der Waals surface area contributed by atoms with E-state index in [4.69, 9.17) is 10.5 Å². The van der Waals surface area contributed by atoms with Crippen LogP contribution in [0.5, 0.6) is 0 Å². The first kappa shape index (κ1) is 13.1. The first-order valence-electron chi connectivity index (χ1n) is 5.99. The highest BCUT2D eigenvalue weighted by Crippen LogP contribution is 2.17. The van der Waals surface area contributed by atoms with Crippen molar-refractivity contribution in [3.05, 3.63) is 30.1 Å². The van der Waals surface area contributed by atoms with E-state index in [2.05, 4.69) is 18.8 Å². The van der Waals surface area contributed by atoms with Gasteiger partial charge >= 0.3 is 0 Å². The average Bonchev–Trinajstić information content (AvgIpc) is 2.31. The van der Waals surface area contributed by atoms with Crippen molar-refractivity contribution >= 4 is 0 Å². The molecule has 0 saturated heterocycles. The third-order valence-electron chi connectivity index (χ3n) is 2.63. The molecule has 0 bridgehead atoms. The smallest absolute Gasteiger partial charge is 0.0962 e. The molecule has 0 aliphatic carbocycles. The highest BCUT2D eigenvalue weighted by molar-refractivity contribution is 5.12. The molecule has 90 valence electrons. The van der Waals surface area contributed by atoms with Crippen LogP contribution in [0.4, 0.5) is 0 Å². The van der Waals surface area contributed by atoms with E-state index in [1.165, 1.54) is 12.8 Å². The number of pyridine rings is 1. The van der Waals surface area contributed by atoms with Crippen molar-refractivity contribution < 1.29 is 4.74 Å². The summed E-state index contributed by atoms with van der Waals surface area (Å²) in [7, 11) is 0. The van der Waals surface area contributed by atoms with Crippen LogP contribution in [0.25, 0.3) is 0 Å². The zero-order valence-corrected chi connectivity index (χ0v) is 10.2. The standard InChI is InChI=1S/C13H22N2O/c1-3-5-11(2)10-16-13(8-14)12-6-4-7-15-9-12/h4,6-7,9,11,13H,3,5,8,10,14H2,1-2H3. The lowest BCUT2D eigenvalue weighted by molar-refractivity contribution is 0.0349. The van der Waals surface area contributed by atoms with Gasteiger partial charge in [0.15, 0.2) is 0 Å². The summed E-state index contributed by atoms with van der Waals surface area (Å²) in [5.74, 6) is 0.593. The van der Waals surface area contributed by atoms with Gasteiger partial charge in [-0.25, -0.2) is 0 Å². The maximum atomic E-state index is 5.83. The minimum absolute atomic E-state index is 0.0204. The predicted molar refractivity (Wildman–Crippen MR) is 66.1 cm³/mol. The van der Waals surface area contributed by atoms with Gasteiger partial charge in [0.05, 0.1) is 12.7 Å². The second kappa shape index (κ2) is 7.36. The predicted octanol–water partition coefficient (Wildman–Crippen LogP) is 2.53. The molecule has 0 aromatic carbocycles. The molecule has 0 radical (unpaired) electrons.